The van der Waals surface area contributed by atoms with Gasteiger partial charge in [-0.1, -0.05) is 41.4 Å². The predicted molar refractivity (Wildman–Crippen MR) is 84.8 cm³/mol. The number of carbonyl (C=O) groups excluding carboxylic acids is 2. The van der Waals surface area contributed by atoms with Crippen molar-refractivity contribution in [3.8, 4) is 0 Å². The van der Waals surface area contributed by atoms with Crippen molar-refractivity contribution in [3.05, 3.63) is 63.1 Å². The summed E-state index contributed by atoms with van der Waals surface area (Å²) < 4.78 is 5.12. The van der Waals surface area contributed by atoms with Gasteiger partial charge in [-0.3, -0.25) is 9.59 Å². The molecule has 2 aromatic rings. The molecule has 4 nitrogen and oxygen atoms in total. The first-order chi connectivity index (χ1) is 10.5. The Morgan fingerprint density at radius 2 is 1.55 bits per heavy atom. The highest BCUT2D eigenvalue weighted by molar-refractivity contribution is 6.44. The van der Waals surface area contributed by atoms with E-state index < -0.39 is 11.8 Å². The van der Waals surface area contributed by atoms with Crippen molar-refractivity contribution >= 4 is 40.7 Å². The lowest BCUT2D eigenvalue weighted by Crippen LogP contribution is -2.30. The molecule has 0 bridgehead atoms. The van der Waals surface area contributed by atoms with Crippen molar-refractivity contribution in [1.29, 1.82) is 0 Å². The summed E-state index contributed by atoms with van der Waals surface area (Å²) in [5.74, 6) is -0.829. The monoisotopic (exact) mass is 335 g/mol. The maximum absolute atomic E-state index is 12.6. The van der Waals surface area contributed by atoms with Gasteiger partial charge in [0.05, 0.1) is 33.5 Å². The predicted octanol–water partition coefficient (Wildman–Crippen LogP) is 3.94. The minimum absolute atomic E-state index is 0.244. The molecule has 0 spiro atoms. The second-order valence-electron chi connectivity index (χ2n) is 4.82. The lowest BCUT2D eigenvalue weighted by Gasteiger charge is -2.17. The van der Waals surface area contributed by atoms with Gasteiger partial charge in [-0.05, 0) is 18.2 Å². The fourth-order valence-corrected chi connectivity index (χ4v) is 2.79. The third kappa shape index (κ3) is 2.29. The van der Waals surface area contributed by atoms with Crippen LogP contribution in [0, 0.1) is 0 Å². The number of anilines is 1. The maximum Gasteiger partial charge on any atom is 0.266 e. The number of amides is 2. The third-order valence-electron chi connectivity index (χ3n) is 3.46. The number of halogens is 2. The lowest BCUT2D eigenvalue weighted by atomic mass is 10.1. The molecule has 22 heavy (non-hydrogen) atoms. The SMILES string of the molecule is COCc1ccccc1N1C(=O)c2cc(Cl)c(Cl)cc2C1=O. The minimum Gasteiger partial charge on any atom is -0.380 e. The summed E-state index contributed by atoms with van der Waals surface area (Å²) in [6.07, 6.45) is 0. The average molecular weight is 336 g/mol. The maximum atomic E-state index is 12.6. The van der Waals surface area contributed by atoms with Gasteiger partial charge in [-0.15, -0.1) is 0 Å². The normalized spacial score (nSPS) is 13.7. The van der Waals surface area contributed by atoms with Crippen LogP contribution in [0.2, 0.25) is 10.0 Å². The van der Waals surface area contributed by atoms with Crippen LogP contribution in [-0.2, 0) is 11.3 Å². The molecule has 3 rings (SSSR count). The van der Waals surface area contributed by atoms with E-state index in [1.807, 2.05) is 12.1 Å². The Balaban J connectivity index is 2.12. The molecule has 0 N–H and O–H groups in total. The number of benzene rings is 2. The van der Waals surface area contributed by atoms with Crippen molar-refractivity contribution in [3.63, 3.8) is 0 Å². The molecule has 1 aliphatic heterocycles. The summed E-state index contributed by atoms with van der Waals surface area (Å²) in [6.45, 7) is 0.297. The highest BCUT2D eigenvalue weighted by Crippen LogP contribution is 2.35. The van der Waals surface area contributed by atoms with E-state index in [0.717, 1.165) is 10.5 Å². The quantitative estimate of drug-likeness (QED) is 0.798. The molecule has 0 saturated carbocycles. The molecule has 0 radical (unpaired) electrons. The van der Waals surface area contributed by atoms with Crippen molar-refractivity contribution in [2.75, 3.05) is 12.0 Å². The molecule has 1 heterocycles. The average Bonchev–Trinajstić information content (AvgIpc) is 2.73. The number of rotatable bonds is 3. The molecule has 0 atom stereocenters. The van der Waals surface area contributed by atoms with Crippen LogP contribution in [0.5, 0.6) is 0 Å². The smallest absolute Gasteiger partial charge is 0.266 e. The van der Waals surface area contributed by atoms with Gasteiger partial charge in [-0.2, -0.15) is 0 Å². The molecule has 0 aromatic heterocycles. The van der Waals surface area contributed by atoms with E-state index >= 15 is 0 Å². The van der Waals surface area contributed by atoms with Crippen LogP contribution >= 0.6 is 23.2 Å². The molecule has 6 heteroatoms. The highest BCUT2D eigenvalue weighted by atomic mass is 35.5. The molecule has 0 aliphatic carbocycles. The van der Waals surface area contributed by atoms with E-state index in [4.69, 9.17) is 27.9 Å². The first-order valence-corrected chi connectivity index (χ1v) is 7.25. The Morgan fingerprint density at radius 3 is 2.09 bits per heavy atom. The van der Waals surface area contributed by atoms with Crippen LogP contribution in [0.1, 0.15) is 26.3 Å². The van der Waals surface area contributed by atoms with Crippen LogP contribution in [0.4, 0.5) is 5.69 Å². The molecular weight excluding hydrogens is 325 g/mol. The second kappa shape index (κ2) is 5.72. The first-order valence-electron chi connectivity index (χ1n) is 6.49. The zero-order valence-corrected chi connectivity index (χ0v) is 13.1. The number of carbonyl (C=O) groups is 2. The Labute approximate surface area is 137 Å². The van der Waals surface area contributed by atoms with Crippen LogP contribution < -0.4 is 4.90 Å². The Kier molecular flexibility index (Phi) is 3.91. The van der Waals surface area contributed by atoms with E-state index in [1.54, 1.807) is 19.2 Å². The van der Waals surface area contributed by atoms with E-state index in [0.29, 0.717) is 12.3 Å². The molecule has 112 valence electrons. The fourth-order valence-electron chi connectivity index (χ4n) is 2.46. The van der Waals surface area contributed by atoms with Gasteiger partial charge >= 0.3 is 0 Å². The first kappa shape index (κ1) is 15.0. The Hall–Kier alpha value is -1.88. The zero-order chi connectivity index (χ0) is 15.9. The number of para-hydroxylation sites is 1. The standard InChI is InChI=1S/C16H11Cl2NO3/c1-22-8-9-4-2-3-5-14(9)19-15(20)10-6-12(17)13(18)7-11(10)16(19)21/h2-7H,8H2,1H3. The highest BCUT2D eigenvalue weighted by Gasteiger charge is 2.38. The van der Waals surface area contributed by atoms with Gasteiger partial charge in [0, 0.05) is 12.7 Å². The number of methoxy groups -OCH3 is 1. The summed E-state index contributed by atoms with van der Waals surface area (Å²) in [5, 5.41) is 0.488. The van der Waals surface area contributed by atoms with Gasteiger partial charge in [-0.25, -0.2) is 4.90 Å². The summed E-state index contributed by atoms with van der Waals surface area (Å²) in [7, 11) is 1.55. The molecule has 0 fully saturated rings. The third-order valence-corrected chi connectivity index (χ3v) is 4.18. The Bertz CT molecular complexity index is 748. The number of hydrogen-bond donors (Lipinski definition) is 0. The van der Waals surface area contributed by atoms with Crippen molar-refractivity contribution in [2.45, 2.75) is 6.61 Å². The zero-order valence-electron chi connectivity index (χ0n) is 11.6. The summed E-state index contributed by atoms with van der Waals surface area (Å²) in [6, 6.07) is 9.96. The van der Waals surface area contributed by atoms with Crippen LogP contribution in [0.25, 0.3) is 0 Å². The molecule has 0 unspecified atom stereocenters. The van der Waals surface area contributed by atoms with Crippen molar-refractivity contribution in [1.82, 2.24) is 0 Å². The van der Waals surface area contributed by atoms with Gasteiger partial charge in [0.1, 0.15) is 0 Å². The van der Waals surface area contributed by atoms with E-state index in [-0.39, 0.29) is 21.2 Å². The van der Waals surface area contributed by atoms with Crippen molar-refractivity contribution < 1.29 is 14.3 Å². The van der Waals surface area contributed by atoms with E-state index in [2.05, 4.69) is 0 Å². The van der Waals surface area contributed by atoms with Gasteiger partial charge in [0.25, 0.3) is 11.8 Å². The molecule has 2 aromatic carbocycles. The number of hydrogen-bond acceptors (Lipinski definition) is 3. The van der Waals surface area contributed by atoms with Crippen molar-refractivity contribution in [2.24, 2.45) is 0 Å². The fraction of sp³-hybridized carbons (Fsp3) is 0.125. The molecular formula is C16H11Cl2NO3. The molecule has 2 amide bonds. The molecule has 1 aliphatic rings. The summed E-state index contributed by atoms with van der Waals surface area (Å²) in [4.78, 5) is 26.3. The number of imide groups is 1. The van der Waals surface area contributed by atoms with E-state index in [1.165, 1.54) is 12.1 Å². The topological polar surface area (TPSA) is 46.6 Å². The van der Waals surface area contributed by atoms with Crippen LogP contribution in [0.15, 0.2) is 36.4 Å². The van der Waals surface area contributed by atoms with Gasteiger partial charge < -0.3 is 4.74 Å². The van der Waals surface area contributed by atoms with E-state index in [9.17, 15) is 9.59 Å². The second-order valence-corrected chi connectivity index (χ2v) is 5.63. The van der Waals surface area contributed by atoms with Crippen LogP contribution in [-0.4, -0.2) is 18.9 Å². The van der Waals surface area contributed by atoms with Gasteiger partial charge in [0.15, 0.2) is 0 Å². The largest absolute Gasteiger partial charge is 0.380 e. The number of fused-ring (bicyclic) bond motifs is 1. The molecule has 0 saturated heterocycles. The minimum atomic E-state index is -0.415. The summed E-state index contributed by atoms with van der Waals surface area (Å²) in [5.41, 5.74) is 1.76. The van der Waals surface area contributed by atoms with Crippen LogP contribution in [0.3, 0.4) is 0 Å². The number of nitrogens with zero attached hydrogens (tertiary/aromatic N) is 1. The number of ether oxygens (including phenoxy) is 1. The lowest BCUT2D eigenvalue weighted by molar-refractivity contribution is 0.0925. The van der Waals surface area contributed by atoms with Gasteiger partial charge in [0.2, 0.25) is 0 Å². The Morgan fingerprint density at radius 1 is 1.00 bits per heavy atom. The summed E-state index contributed by atoms with van der Waals surface area (Å²) >= 11 is 11.9.